The third kappa shape index (κ3) is 3.58. The fourth-order valence-electron chi connectivity index (χ4n) is 3.35. The van der Waals surface area contributed by atoms with E-state index in [9.17, 15) is 14.3 Å². The number of rotatable bonds is 4. The van der Waals surface area contributed by atoms with Crippen LogP contribution in [0.15, 0.2) is 89.7 Å². The monoisotopic (exact) mass is 371 g/mol. The Bertz CT molecular complexity index is 1170. The van der Waals surface area contributed by atoms with E-state index in [0.717, 1.165) is 22.3 Å². The van der Waals surface area contributed by atoms with Gasteiger partial charge in [-0.15, -0.1) is 0 Å². The van der Waals surface area contributed by atoms with Crippen molar-refractivity contribution in [1.29, 1.82) is 0 Å². The second kappa shape index (κ2) is 7.53. The van der Waals surface area contributed by atoms with Crippen LogP contribution in [0.5, 0.6) is 5.75 Å². The van der Waals surface area contributed by atoms with Crippen molar-refractivity contribution >= 4 is 0 Å². The van der Waals surface area contributed by atoms with Crippen molar-refractivity contribution < 1.29 is 9.50 Å². The van der Waals surface area contributed by atoms with Gasteiger partial charge < -0.3 is 10.1 Å². The second-order valence-corrected chi connectivity index (χ2v) is 6.58. The van der Waals surface area contributed by atoms with Crippen LogP contribution in [0.3, 0.4) is 0 Å². The summed E-state index contributed by atoms with van der Waals surface area (Å²) < 4.78 is 13.3. The summed E-state index contributed by atoms with van der Waals surface area (Å²) in [6.45, 7) is 0. The Kier molecular flexibility index (Phi) is 4.77. The summed E-state index contributed by atoms with van der Waals surface area (Å²) in [7, 11) is 0. The number of nitrogens with one attached hydrogen (secondary N) is 1. The van der Waals surface area contributed by atoms with E-state index in [-0.39, 0.29) is 11.6 Å². The number of benzene rings is 3. The van der Waals surface area contributed by atoms with E-state index in [1.807, 2.05) is 54.6 Å². The normalized spacial score (nSPS) is 10.8. The molecule has 3 aromatic carbocycles. The molecule has 0 unspecified atom stereocenters. The topological polar surface area (TPSA) is 53.1 Å². The fraction of sp³-hybridized carbons (Fsp3) is 0.0417. The van der Waals surface area contributed by atoms with Crippen molar-refractivity contribution in [3.05, 3.63) is 112 Å². The molecule has 0 amide bonds. The van der Waals surface area contributed by atoms with Gasteiger partial charge in [0.05, 0.1) is 0 Å². The number of aromatic amines is 1. The van der Waals surface area contributed by atoms with Gasteiger partial charge in [0.15, 0.2) is 5.75 Å². The van der Waals surface area contributed by atoms with Gasteiger partial charge in [-0.2, -0.15) is 0 Å². The molecule has 0 aliphatic heterocycles. The molecule has 0 aliphatic carbocycles. The minimum Gasteiger partial charge on any atom is -0.503 e. The lowest BCUT2D eigenvalue weighted by atomic mass is 9.93. The van der Waals surface area contributed by atoms with Crippen LogP contribution in [-0.2, 0) is 6.42 Å². The van der Waals surface area contributed by atoms with Gasteiger partial charge in [0.25, 0.3) is 5.56 Å². The maximum Gasteiger partial charge on any atom is 0.290 e. The predicted molar refractivity (Wildman–Crippen MR) is 109 cm³/mol. The molecule has 1 heterocycles. The SMILES string of the molecule is O=c1[nH]c(Cc2ccccc2-c2ccccc2)c(-c2ccc(F)cc2)cc1O. The van der Waals surface area contributed by atoms with Gasteiger partial charge in [-0.25, -0.2) is 4.39 Å². The van der Waals surface area contributed by atoms with Crippen molar-refractivity contribution in [3.63, 3.8) is 0 Å². The third-order valence-electron chi connectivity index (χ3n) is 4.73. The summed E-state index contributed by atoms with van der Waals surface area (Å²) in [6, 6.07) is 25.4. The van der Waals surface area contributed by atoms with Crippen molar-refractivity contribution in [2.24, 2.45) is 0 Å². The summed E-state index contributed by atoms with van der Waals surface area (Å²) in [5.74, 6) is -0.701. The van der Waals surface area contributed by atoms with E-state index in [0.29, 0.717) is 17.7 Å². The molecular weight excluding hydrogens is 353 g/mol. The number of aromatic hydroxyl groups is 1. The van der Waals surface area contributed by atoms with Crippen molar-refractivity contribution in [2.45, 2.75) is 6.42 Å². The summed E-state index contributed by atoms with van der Waals surface area (Å²) in [6.07, 6.45) is 0.466. The number of pyridine rings is 1. The molecule has 3 nitrogen and oxygen atoms in total. The van der Waals surface area contributed by atoms with Gasteiger partial charge in [-0.3, -0.25) is 4.79 Å². The van der Waals surface area contributed by atoms with Crippen molar-refractivity contribution in [1.82, 2.24) is 4.98 Å². The zero-order valence-corrected chi connectivity index (χ0v) is 15.0. The second-order valence-electron chi connectivity index (χ2n) is 6.58. The molecule has 0 bridgehead atoms. The van der Waals surface area contributed by atoms with Crippen molar-refractivity contribution in [3.8, 4) is 28.0 Å². The van der Waals surface area contributed by atoms with Crippen LogP contribution in [0.4, 0.5) is 4.39 Å². The Morgan fingerprint density at radius 1 is 0.786 bits per heavy atom. The number of H-pyrrole nitrogens is 1. The standard InChI is InChI=1S/C24H18FNO2/c25-19-12-10-17(11-13-19)21-15-23(27)24(28)26-22(21)14-18-8-4-5-9-20(18)16-6-2-1-3-7-16/h1-13,15,27H,14H2,(H,26,28). The molecule has 0 saturated carbocycles. The van der Waals surface area contributed by atoms with Crippen molar-refractivity contribution in [2.75, 3.05) is 0 Å². The molecule has 138 valence electrons. The molecule has 0 fully saturated rings. The molecule has 28 heavy (non-hydrogen) atoms. The third-order valence-corrected chi connectivity index (χ3v) is 4.73. The summed E-state index contributed by atoms with van der Waals surface area (Å²) in [4.78, 5) is 14.8. The van der Waals surface area contributed by atoms with Crippen LogP contribution in [0, 0.1) is 5.82 Å². The van der Waals surface area contributed by atoms with Gasteiger partial charge in [0.2, 0.25) is 0 Å². The molecule has 2 N–H and O–H groups in total. The van der Waals surface area contributed by atoms with Gasteiger partial charge >= 0.3 is 0 Å². The lowest BCUT2D eigenvalue weighted by Gasteiger charge is -2.14. The summed E-state index contributed by atoms with van der Waals surface area (Å²) in [5.41, 5.74) is 4.71. The average molecular weight is 371 g/mol. The maximum absolute atomic E-state index is 13.3. The quantitative estimate of drug-likeness (QED) is 0.522. The number of hydrogen-bond acceptors (Lipinski definition) is 2. The van der Waals surface area contributed by atoms with Gasteiger partial charge in [0.1, 0.15) is 5.82 Å². The largest absolute Gasteiger partial charge is 0.503 e. The first-order valence-corrected chi connectivity index (χ1v) is 8.96. The highest BCUT2D eigenvalue weighted by Crippen LogP contribution is 2.30. The first kappa shape index (κ1) is 17.7. The first-order valence-electron chi connectivity index (χ1n) is 8.96. The van der Waals surface area contributed by atoms with E-state index in [1.165, 1.54) is 18.2 Å². The average Bonchev–Trinajstić information content (AvgIpc) is 2.72. The minimum atomic E-state index is -0.543. The molecule has 4 heteroatoms. The highest BCUT2D eigenvalue weighted by molar-refractivity contribution is 5.71. The lowest BCUT2D eigenvalue weighted by Crippen LogP contribution is -2.10. The zero-order valence-electron chi connectivity index (χ0n) is 15.0. The highest BCUT2D eigenvalue weighted by atomic mass is 19.1. The predicted octanol–water partition coefficient (Wildman–Crippen LogP) is 5.14. The smallest absolute Gasteiger partial charge is 0.290 e. The molecule has 1 aromatic heterocycles. The van der Waals surface area contributed by atoms with Gasteiger partial charge in [0, 0.05) is 17.7 Å². The Morgan fingerprint density at radius 2 is 1.43 bits per heavy atom. The molecule has 0 atom stereocenters. The van der Waals surface area contributed by atoms with E-state index in [4.69, 9.17) is 0 Å². The van der Waals surface area contributed by atoms with E-state index < -0.39 is 5.56 Å². The molecule has 0 radical (unpaired) electrons. The molecule has 4 aromatic rings. The molecule has 0 spiro atoms. The minimum absolute atomic E-state index is 0.339. The Labute approximate surface area is 161 Å². The van der Waals surface area contributed by atoms with Gasteiger partial charge in [-0.1, -0.05) is 66.7 Å². The van der Waals surface area contributed by atoms with Crippen LogP contribution in [0.25, 0.3) is 22.3 Å². The van der Waals surface area contributed by atoms with Crippen LogP contribution >= 0.6 is 0 Å². The number of aromatic nitrogens is 1. The molecule has 0 aliphatic rings. The number of hydrogen-bond donors (Lipinski definition) is 2. The highest BCUT2D eigenvalue weighted by Gasteiger charge is 2.13. The van der Waals surface area contributed by atoms with Crippen LogP contribution in [0.2, 0.25) is 0 Å². The lowest BCUT2D eigenvalue weighted by molar-refractivity contribution is 0.466. The maximum atomic E-state index is 13.3. The van der Waals surface area contributed by atoms with Gasteiger partial charge in [-0.05, 0) is 40.5 Å². The van der Waals surface area contributed by atoms with E-state index in [1.54, 1.807) is 12.1 Å². The van der Waals surface area contributed by atoms with E-state index >= 15 is 0 Å². The Balaban J connectivity index is 1.82. The van der Waals surface area contributed by atoms with Crippen LogP contribution in [-0.4, -0.2) is 10.1 Å². The molecular formula is C24H18FNO2. The van der Waals surface area contributed by atoms with E-state index in [2.05, 4.69) is 4.98 Å². The fourth-order valence-corrected chi connectivity index (χ4v) is 3.35. The summed E-state index contributed by atoms with van der Waals surface area (Å²) in [5, 5.41) is 9.92. The molecule has 0 saturated heterocycles. The van der Waals surface area contributed by atoms with Crippen LogP contribution < -0.4 is 5.56 Å². The Morgan fingerprint density at radius 3 is 2.18 bits per heavy atom. The summed E-state index contributed by atoms with van der Waals surface area (Å²) >= 11 is 0. The molecule has 4 rings (SSSR count). The Hall–Kier alpha value is -3.66. The van der Waals surface area contributed by atoms with Crippen LogP contribution in [0.1, 0.15) is 11.3 Å². The zero-order chi connectivity index (χ0) is 19.5. The first-order chi connectivity index (χ1) is 13.6. The number of halogens is 1.